The highest BCUT2D eigenvalue weighted by Crippen LogP contribution is 2.35. The molecular formula is C18H27N5O3. The first-order valence-corrected chi connectivity index (χ1v) is 9.59. The molecule has 26 heavy (non-hydrogen) atoms. The predicted octanol–water partition coefficient (Wildman–Crippen LogP) is 0.852. The Morgan fingerprint density at radius 2 is 2.15 bits per heavy atom. The number of nitrogens with zero attached hydrogens (tertiary/aromatic N) is 4. The summed E-state index contributed by atoms with van der Waals surface area (Å²) in [4.78, 5) is 26.2. The van der Waals surface area contributed by atoms with Gasteiger partial charge in [-0.1, -0.05) is 25.5 Å². The maximum atomic E-state index is 12.5. The van der Waals surface area contributed by atoms with E-state index in [1.54, 1.807) is 0 Å². The minimum Gasteiger partial charge on any atom is -0.365 e. The van der Waals surface area contributed by atoms with Gasteiger partial charge in [-0.15, -0.1) is 5.10 Å². The number of nitrogens with one attached hydrogen (secondary N) is 1. The standard InChI is InChI=1S/C18H27N5O3/c1-12(2)16(24)19-8-14-15-9-26-18(11-23(15)21-20-14)6-7-22(10-18)17(25)13-4-3-5-13/h12-13H,3-11H2,1-2H3,(H,19,24). The molecule has 8 heteroatoms. The molecule has 4 rings (SSSR count). The molecule has 1 aliphatic carbocycles. The van der Waals surface area contributed by atoms with Crippen LogP contribution in [0.15, 0.2) is 0 Å². The molecule has 1 atom stereocenters. The number of carbonyl (C=O) groups is 2. The fourth-order valence-electron chi connectivity index (χ4n) is 3.90. The molecule has 1 saturated heterocycles. The van der Waals surface area contributed by atoms with Crippen molar-refractivity contribution in [2.45, 2.75) is 64.8 Å². The smallest absolute Gasteiger partial charge is 0.225 e. The first-order chi connectivity index (χ1) is 12.5. The van der Waals surface area contributed by atoms with Crippen LogP contribution in [0.2, 0.25) is 0 Å². The second kappa shape index (κ2) is 6.64. The van der Waals surface area contributed by atoms with E-state index in [9.17, 15) is 9.59 Å². The van der Waals surface area contributed by atoms with Crippen LogP contribution in [0.5, 0.6) is 0 Å². The van der Waals surface area contributed by atoms with Crippen LogP contribution in [-0.4, -0.2) is 50.4 Å². The lowest BCUT2D eigenvalue weighted by atomic mass is 9.84. The predicted molar refractivity (Wildman–Crippen MR) is 92.8 cm³/mol. The minimum atomic E-state index is -0.349. The molecule has 1 aromatic rings. The highest BCUT2D eigenvalue weighted by atomic mass is 16.5. The van der Waals surface area contributed by atoms with E-state index in [2.05, 4.69) is 15.6 Å². The van der Waals surface area contributed by atoms with Gasteiger partial charge in [0, 0.05) is 18.4 Å². The number of likely N-dealkylation sites (tertiary alicyclic amines) is 1. The highest BCUT2D eigenvalue weighted by molar-refractivity contribution is 5.80. The summed E-state index contributed by atoms with van der Waals surface area (Å²) in [5.74, 6) is 0.463. The molecule has 1 N–H and O–H groups in total. The molecular weight excluding hydrogens is 334 g/mol. The van der Waals surface area contributed by atoms with Crippen molar-refractivity contribution in [1.82, 2.24) is 25.2 Å². The van der Waals surface area contributed by atoms with Gasteiger partial charge in [-0.2, -0.15) is 0 Å². The summed E-state index contributed by atoms with van der Waals surface area (Å²) in [6.45, 7) is 6.53. The van der Waals surface area contributed by atoms with Crippen LogP contribution in [0.4, 0.5) is 0 Å². The van der Waals surface area contributed by atoms with Crippen LogP contribution in [0, 0.1) is 11.8 Å². The molecule has 8 nitrogen and oxygen atoms in total. The molecule has 142 valence electrons. The number of hydrogen-bond donors (Lipinski definition) is 1. The Hall–Kier alpha value is -1.96. The monoisotopic (exact) mass is 361 g/mol. The lowest BCUT2D eigenvalue weighted by Crippen LogP contribution is -2.46. The number of aromatic nitrogens is 3. The van der Waals surface area contributed by atoms with Crippen LogP contribution < -0.4 is 5.32 Å². The number of fused-ring (bicyclic) bond motifs is 1. The molecule has 1 unspecified atom stereocenters. The third-order valence-electron chi connectivity index (χ3n) is 5.91. The van der Waals surface area contributed by atoms with Crippen LogP contribution in [-0.2, 0) is 34.0 Å². The van der Waals surface area contributed by atoms with E-state index in [1.807, 2.05) is 23.4 Å². The Bertz CT molecular complexity index is 712. The molecule has 3 aliphatic rings. The van der Waals surface area contributed by atoms with Gasteiger partial charge in [-0.25, -0.2) is 4.68 Å². The quantitative estimate of drug-likeness (QED) is 0.859. The minimum absolute atomic E-state index is 0.000824. The number of carbonyl (C=O) groups excluding carboxylic acids is 2. The number of ether oxygens (including phenoxy) is 1. The summed E-state index contributed by atoms with van der Waals surface area (Å²) in [6, 6.07) is 0. The van der Waals surface area contributed by atoms with Crippen molar-refractivity contribution < 1.29 is 14.3 Å². The van der Waals surface area contributed by atoms with Crippen LogP contribution in [0.1, 0.15) is 50.9 Å². The Labute approximate surface area is 153 Å². The Balaban J connectivity index is 1.39. The number of rotatable bonds is 4. The molecule has 0 bridgehead atoms. The van der Waals surface area contributed by atoms with Gasteiger partial charge in [0.15, 0.2) is 0 Å². The first kappa shape index (κ1) is 17.5. The van der Waals surface area contributed by atoms with Gasteiger partial charge in [0.2, 0.25) is 11.8 Å². The molecule has 2 fully saturated rings. The zero-order valence-corrected chi connectivity index (χ0v) is 15.5. The normalized spacial score (nSPS) is 25.4. The van der Waals surface area contributed by atoms with Crippen molar-refractivity contribution >= 4 is 11.8 Å². The Morgan fingerprint density at radius 3 is 2.85 bits per heavy atom. The Kier molecular flexibility index (Phi) is 4.46. The number of amides is 2. The summed E-state index contributed by atoms with van der Waals surface area (Å²) in [7, 11) is 0. The van der Waals surface area contributed by atoms with Crippen molar-refractivity contribution in [3.63, 3.8) is 0 Å². The van der Waals surface area contributed by atoms with Crippen molar-refractivity contribution in [3.8, 4) is 0 Å². The lowest BCUT2D eigenvalue weighted by molar-refractivity contribution is -0.140. The molecule has 2 amide bonds. The molecule has 1 saturated carbocycles. The summed E-state index contributed by atoms with van der Waals surface area (Å²) >= 11 is 0. The fourth-order valence-corrected chi connectivity index (χ4v) is 3.90. The zero-order valence-electron chi connectivity index (χ0n) is 15.5. The SMILES string of the molecule is CC(C)C(=O)NCc1nnn2c1COC1(CCN(C(=O)C3CCC3)C1)C2. The molecule has 0 radical (unpaired) electrons. The largest absolute Gasteiger partial charge is 0.365 e. The summed E-state index contributed by atoms with van der Waals surface area (Å²) in [5, 5.41) is 11.4. The molecule has 2 aliphatic heterocycles. The second-order valence-electron chi connectivity index (χ2n) is 8.12. The summed E-state index contributed by atoms with van der Waals surface area (Å²) < 4.78 is 8.10. The molecule has 0 aromatic carbocycles. The van der Waals surface area contributed by atoms with Gasteiger partial charge < -0.3 is 15.0 Å². The third kappa shape index (κ3) is 3.11. The highest BCUT2D eigenvalue weighted by Gasteiger charge is 2.46. The van der Waals surface area contributed by atoms with E-state index in [0.717, 1.165) is 37.2 Å². The van der Waals surface area contributed by atoms with E-state index in [1.165, 1.54) is 6.42 Å². The van der Waals surface area contributed by atoms with Crippen molar-refractivity contribution in [1.29, 1.82) is 0 Å². The van der Waals surface area contributed by atoms with Crippen molar-refractivity contribution in [2.75, 3.05) is 13.1 Å². The zero-order chi connectivity index (χ0) is 18.3. The maximum Gasteiger partial charge on any atom is 0.225 e. The third-order valence-corrected chi connectivity index (χ3v) is 5.91. The van der Waals surface area contributed by atoms with Crippen molar-refractivity contribution in [2.24, 2.45) is 11.8 Å². The maximum absolute atomic E-state index is 12.5. The van der Waals surface area contributed by atoms with Gasteiger partial charge in [0.1, 0.15) is 11.3 Å². The topological polar surface area (TPSA) is 89.3 Å². The molecule has 1 spiro atoms. The fraction of sp³-hybridized carbons (Fsp3) is 0.778. The van der Waals surface area contributed by atoms with Crippen molar-refractivity contribution in [3.05, 3.63) is 11.4 Å². The number of hydrogen-bond acceptors (Lipinski definition) is 5. The van der Waals surface area contributed by atoms with Crippen LogP contribution in [0.25, 0.3) is 0 Å². The lowest BCUT2D eigenvalue weighted by Gasteiger charge is -2.35. The van der Waals surface area contributed by atoms with Gasteiger partial charge in [-0.3, -0.25) is 9.59 Å². The van der Waals surface area contributed by atoms with E-state index in [0.29, 0.717) is 26.2 Å². The van der Waals surface area contributed by atoms with Crippen LogP contribution >= 0.6 is 0 Å². The second-order valence-corrected chi connectivity index (χ2v) is 8.12. The molecule has 3 heterocycles. The van der Waals surface area contributed by atoms with E-state index < -0.39 is 0 Å². The van der Waals surface area contributed by atoms with E-state index in [-0.39, 0.29) is 29.3 Å². The van der Waals surface area contributed by atoms with Gasteiger partial charge in [0.05, 0.1) is 31.9 Å². The Morgan fingerprint density at radius 1 is 1.35 bits per heavy atom. The van der Waals surface area contributed by atoms with Crippen LogP contribution in [0.3, 0.4) is 0 Å². The average molecular weight is 361 g/mol. The average Bonchev–Trinajstić information content (AvgIpc) is 3.15. The molecule has 1 aromatic heterocycles. The summed E-state index contributed by atoms with van der Waals surface area (Å²) in [5.41, 5.74) is 1.33. The van der Waals surface area contributed by atoms with Gasteiger partial charge in [-0.05, 0) is 19.3 Å². The van der Waals surface area contributed by atoms with Gasteiger partial charge in [0.25, 0.3) is 0 Å². The van der Waals surface area contributed by atoms with E-state index >= 15 is 0 Å². The summed E-state index contributed by atoms with van der Waals surface area (Å²) in [6.07, 6.45) is 4.07. The van der Waals surface area contributed by atoms with E-state index in [4.69, 9.17) is 4.74 Å². The first-order valence-electron chi connectivity index (χ1n) is 9.59. The van der Waals surface area contributed by atoms with Gasteiger partial charge >= 0.3 is 0 Å².